The molecule has 0 saturated carbocycles. The first-order chi connectivity index (χ1) is 8.41. The van der Waals surface area contributed by atoms with Gasteiger partial charge in [0.25, 0.3) is 0 Å². The number of alkyl halides is 3. The number of halogens is 3. The lowest BCUT2D eigenvalue weighted by molar-refractivity contribution is -0.266. The van der Waals surface area contributed by atoms with Gasteiger partial charge in [0.15, 0.2) is 11.5 Å². The summed E-state index contributed by atoms with van der Waals surface area (Å²) in [4.78, 5) is 0.182. The summed E-state index contributed by atoms with van der Waals surface area (Å²) in [7, 11) is 4.14. The zero-order chi connectivity index (χ0) is 13.8. The van der Waals surface area contributed by atoms with Gasteiger partial charge in [-0.2, -0.15) is 0 Å². The van der Waals surface area contributed by atoms with Crippen LogP contribution in [0.15, 0.2) is 17.0 Å². The molecule has 0 atom stereocenters. The number of rotatable bonds is 5. The van der Waals surface area contributed by atoms with E-state index in [1.165, 1.54) is 33.5 Å². The van der Waals surface area contributed by atoms with Crippen molar-refractivity contribution in [2.75, 3.05) is 21.3 Å². The first kappa shape index (κ1) is 14.8. The van der Waals surface area contributed by atoms with E-state index < -0.39 is 6.36 Å². The summed E-state index contributed by atoms with van der Waals surface area (Å²) in [6.45, 7) is 0. The van der Waals surface area contributed by atoms with E-state index in [4.69, 9.17) is 14.2 Å². The molecule has 0 radical (unpaired) electrons. The van der Waals surface area contributed by atoms with Crippen LogP contribution in [0.2, 0.25) is 0 Å². The van der Waals surface area contributed by atoms with Crippen LogP contribution >= 0.6 is 12.0 Å². The van der Waals surface area contributed by atoms with Gasteiger partial charge in [-0.1, -0.05) is 0 Å². The topological polar surface area (TPSA) is 36.9 Å². The Morgan fingerprint density at radius 1 is 0.944 bits per heavy atom. The molecule has 18 heavy (non-hydrogen) atoms. The van der Waals surface area contributed by atoms with Gasteiger partial charge in [0.1, 0.15) is 0 Å². The quantitative estimate of drug-likeness (QED) is 0.776. The van der Waals surface area contributed by atoms with Crippen LogP contribution in [0, 0.1) is 0 Å². The minimum atomic E-state index is -4.72. The second-order valence-electron chi connectivity index (χ2n) is 2.97. The van der Waals surface area contributed by atoms with E-state index in [1.807, 2.05) is 0 Å². The van der Waals surface area contributed by atoms with Gasteiger partial charge in [-0.25, -0.2) is 4.18 Å². The standard InChI is InChI=1S/C10H11F3O4S/c1-14-7-4-6(18-17-10(11,12)13)5-8(15-2)9(7)16-3/h4-5H,1-3H3. The predicted molar refractivity (Wildman–Crippen MR) is 59.1 cm³/mol. The van der Waals surface area contributed by atoms with Gasteiger partial charge in [0.2, 0.25) is 5.75 Å². The molecule has 0 aliphatic carbocycles. The lowest BCUT2D eigenvalue weighted by Gasteiger charge is -2.13. The van der Waals surface area contributed by atoms with Gasteiger partial charge < -0.3 is 14.2 Å². The number of benzene rings is 1. The first-order valence-electron chi connectivity index (χ1n) is 4.63. The zero-order valence-electron chi connectivity index (χ0n) is 9.83. The SMILES string of the molecule is COc1cc(SOC(F)(F)F)cc(OC)c1OC. The van der Waals surface area contributed by atoms with Crippen molar-refractivity contribution in [2.45, 2.75) is 11.3 Å². The highest BCUT2D eigenvalue weighted by atomic mass is 32.2. The molecule has 102 valence electrons. The Morgan fingerprint density at radius 2 is 1.44 bits per heavy atom. The second kappa shape index (κ2) is 6.05. The summed E-state index contributed by atoms with van der Waals surface area (Å²) in [5.41, 5.74) is 0. The van der Waals surface area contributed by atoms with Gasteiger partial charge in [-0.15, -0.1) is 13.2 Å². The average molecular weight is 284 g/mol. The van der Waals surface area contributed by atoms with Crippen molar-refractivity contribution in [1.29, 1.82) is 0 Å². The summed E-state index contributed by atoms with van der Waals surface area (Å²) < 4.78 is 54.4. The third-order valence-electron chi connectivity index (χ3n) is 1.87. The highest BCUT2D eigenvalue weighted by molar-refractivity contribution is 7.94. The first-order valence-corrected chi connectivity index (χ1v) is 5.38. The number of hydrogen-bond acceptors (Lipinski definition) is 5. The maximum atomic E-state index is 11.9. The Labute approximate surface area is 106 Å². The smallest absolute Gasteiger partial charge is 0.493 e. The normalized spacial score (nSPS) is 11.2. The van der Waals surface area contributed by atoms with Crippen molar-refractivity contribution in [3.05, 3.63) is 12.1 Å². The molecule has 0 fully saturated rings. The maximum absolute atomic E-state index is 11.9. The Kier molecular flexibility index (Phi) is 4.97. The molecule has 8 heteroatoms. The van der Waals surface area contributed by atoms with Crippen LogP contribution in [-0.4, -0.2) is 27.7 Å². The lowest BCUT2D eigenvalue weighted by Crippen LogP contribution is -2.07. The summed E-state index contributed by atoms with van der Waals surface area (Å²) in [5, 5.41) is 0. The van der Waals surface area contributed by atoms with Crippen LogP contribution in [0.5, 0.6) is 17.2 Å². The van der Waals surface area contributed by atoms with Crippen LogP contribution in [-0.2, 0) is 4.18 Å². The summed E-state index contributed by atoms with van der Waals surface area (Å²) in [6.07, 6.45) is -4.72. The second-order valence-corrected chi connectivity index (χ2v) is 3.78. The van der Waals surface area contributed by atoms with Crippen molar-refractivity contribution < 1.29 is 31.6 Å². The highest BCUT2D eigenvalue weighted by Gasteiger charge is 2.30. The van der Waals surface area contributed by atoms with Gasteiger partial charge in [0, 0.05) is 29.1 Å². The van der Waals surface area contributed by atoms with Crippen molar-refractivity contribution in [2.24, 2.45) is 0 Å². The average Bonchev–Trinajstić information content (AvgIpc) is 2.33. The van der Waals surface area contributed by atoms with E-state index in [9.17, 15) is 13.2 Å². The summed E-state index contributed by atoms with van der Waals surface area (Å²) in [5.74, 6) is 0.812. The molecule has 0 spiro atoms. The fourth-order valence-corrected chi connectivity index (χ4v) is 1.70. The Hall–Kier alpha value is -1.28. The molecule has 0 aliphatic heterocycles. The number of hydrogen-bond donors (Lipinski definition) is 0. The van der Waals surface area contributed by atoms with E-state index in [2.05, 4.69) is 4.18 Å². The molecule has 0 amide bonds. The molecule has 1 aromatic rings. The van der Waals surface area contributed by atoms with Crippen LogP contribution in [0.3, 0.4) is 0 Å². The molecule has 0 aliphatic rings. The van der Waals surface area contributed by atoms with Gasteiger partial charge in [0.05, 0.1) is 21.3 Å². The van der Waals surface area contributed by atoms with E-state index >= 15 is 0 Å². The third kappa shape index (κ3) is 3.88. The Bertz CT molecular complexity index is 384. The predicted octanol–water partition coefficient (Wildman–Crippen LogP) is 3.26. The molecular weight excluding hydrogens is 273 g/mol. The minimum absolute atomic E-state index is 0.165. The van der Waals surface area contributed by atoms with Crippen LogP contribution < -0.4 is 14.2 Å². The molecule has 0 bridgehead atoms. The summed E-state index contributed by atoms with van der Waals surface area (Å²) >= 11 is 0.165. The van der Waals surface area contributed by atoms with Crippen LogP contribution in [0.4, 0.5) is 13.2 Å². The number of methoxy groups -OCH3 is 3. The van der Waals surface area contributed by atoms with E-state index in [1.54, 1.807) is 0 Å². The maximum Gasteiger partial charge on any atom is 0.533 e. The lowest BCUT2D eigenvalue weighted by atomic mass is 10.3. The molecule has 4 nitrogen and oxygen atoms in total. The Balaban J connectivity index is 3.00. The molecule has 0 aromatic heterocycles. The van der Waals surface area contributed by atoms with E-state index in [0.717, 1.165) is 0 Å². The van der Waals surface area contributed by atoms with Gasteiger partial charge in [-0.3, -0.25) is 0 Å². The largest absolute Gasteiger partial charge is 0.533 e. The molecule has 0 unspecified atom stereocenters. The van der Waals surface area contributed by atoms with Crippen molar-refractivity contribution in [3.63, 3.8) is 0 Å². The zero-order valence-corrected chi connectivity index (χ0v) is 10.6. The van der Waals surface area contributed by atoms with Crippen molar-refractivity contribution in [1.82, 2.24) is 0 Å². The van der Waals surface area contributed by atoms with Crippen molar-refractivity contribution in [3.8, 4) is 17.2 Å². The summed E-state index contributed by atoms with van der Waals surface area (Å²) in [6, 6.07) is 2.72. The van der Waals surface area contributed by atoms with E-state index in [0.29, 0.717) is 5.75 Å². The monoisotopic (exact) mass is 284 g/mol. The highest BCUT2D eigenvalue weighted by Crippen LogP contribution is 2.42. The molecule has 0 heterocycles. The van der Waals surface area contributed by atoms with Crippen LogP contribution in [0.25, 0.3) is 0 Å². The van der Waals surface area contributed by atoms with Gasteiger partial charge >= 0.3 is 6.36 Å². The molecule has 1 aromatic carbocycles. The minimum Gasteiger partial charge on any atom is -0.493 e. The van der Waals surface area contributed by atoms with Gasteiger partial charge in [-0.05, 0) is 0 Å². The van der Waals surface area contributed by atoms with E-state index in [-0.39, 0.29) is 28.4 Å². The molecule has 0 saturated heterocycles. The fourth-order valence-electron chi connectivity index (χ4n) is 1.20. The molecule has 1 rings (SSSR count). The van der Waals surface area contributed by atoms with Crippen LogP contribution in [0.1, 0.15) is 0 Å². The molecular formula is C10H11F3O4S. The number of ether oxygens (including phenoxy) is 3. The Morgan fingerprint density at radius 3 is 1.78 bits per heavy atom. The third-order valence-corrected chi connectivity index (χ3v) is 2.57. The fraction of sp³-hybridized carbons (Fsp3) is 0.400. The van der Waals surface area contributed by atoms with Crippen molar-refractivity contribution >= 4 is 12.0 Å². The molecule has 0 N–H and O–H groups in total.